The largest absolute Gasteiger partial charge is 0.487 e. The second kappa shape index (κ2) is 10.2. The molecular weight excluding hydrogens is 523 g/mol. The first-order chi connectivity index (χ1) is 19.2. The van der Waals surface area contributed by atoms with Gasteiger partial charge in [0, 0.05) is 43.5 Å². The van der Waals surface area contributed by atoms with E-state index < -0.39 is 23.6 Å². The Morgan fingerprint density at radius 1 is 1.12 bits per heavy atom. The predicted octanol–water partition coefficient (Wildman–Crippen LogP) is 5.35. The van der Waals surface area contributed by atoms with Gasteiger partial charge in [0.15, 0.2) is 5.82 Å². The molecule has 2 aliphatic rings. The lowest BCUT2D eigenvalue weighted by Crippen LogP contribution is -2.56. The first-order valence-corrected chi connectivity index (χ1v) is 13.4. The highest BCUT2D eigenvalue weighted by molar-refractivity contribution is 5.79. The topological polar surface area (TPSA) is 85.4 Å². The molecule has 1 N–H and O–H groups in total. The van der Waals surface area contributed by atoms with Crippen molar-refractivity contribution in [2.24, 2.45) is 13.0 Å². The lowest BCUT2D eigenvalue weighted by molar-refractivity contribution is -0.143. The third-order valence-corrected chi connectivity index (χ3v) is 7.87. The molecule has 2 aromatic heterocycles. The monoisotopic (exact) mass is 553 g/mol. The summed E-state index contributed by atoms with van der Waals surface area (Å²) in [4.78, 5) is 18.4. The van der Waals surface area contributed by atoms with E-state index in [0.29, 0.717) is 47.9 Å². The van der Waals surface area contributed by atoms with Crippen molar-refractivity contribution in [1.82, 2.24) is 19.3 Å². The Labute approximate surface area is 229 Å². The number of benzene rings is 2. The summed E-state index contributed by atoms with van der Waals surface area (Å²) in [5.41, 5.74) is 2.93. The van der Waals surface area contributed by atoms with Gasteiger partial charge in [-0.2, -0.15) is 5.10 Å². The third-order valence-electron chi connectivity index (χ3n) is 7.87. The number of carboxylic acid groups (broad SMARTS) is 1. The Bertz CT molecular complexity index is 1540. The molecule has 0 spiro atoms. The summed E-state index contributed by atoms with van der Waals surface area (Å²) >= 11 is 0. The SMILES string of the molecule is Cn1ccc(COc2cc(F)c3nc(C4CCCC[C@@H]4C(=O)O)n(Cc4ccc(N5CC(F)(F)C5)cc4)c3c2)n1. The van der Waals surface area contributed by atoms with E-state index in [4.69, 9.17) is 4.74 Å². The molecule has 40 heavy (non-hydrogen) atoms. The summed E-state index contributed by atoms with van der Waals surface area (Å²) in [5, 5.41) is 14.2. The highest BCUT2D eigenvalue weighted by Crippen LogP contribution is 2.40. The second-order valence-corrected chi connectivity index (χ2v) is 10.8. The van der Waals surface area contributed by atoms with Gasteiger partial charge < -0.3 is 19.3 Å². The van der Waals surface area contributed by atoms with Crippen LogP contribution in [-0.4, -0.2) is 49.4 Å². The van der Waals surface area contributed by atoms with Crippen LogP contribution in [0.25, 0.3) is 11.0 Å². The van der Waals surface area contributed by atoms with E-state index in [9.17, 15) is 18.7 Å². The van der Waals surface area contributed by atoms with Crippen LogP contribution >= 0.6 is 0 Å². The minimum absolute atomic E-state index is 0.160. The molecule has 1 saturated heterocycles. The summed E-state index contributed by atoms with van der Waals surface area (Å²) in [7, 11) is 1.80. The normalized spacial score (nSPS) is 20.4. The fourth-order valence-electron chi connectivity index (χ4n) is 5.83. The van der Waals surface area contributed by atoms with Gasteiger partial charge in [-0.25, -0.2) is 18.2 Å². The summed E-state index contributed by atoms with van der Waals surface area (Å²) in [6.45, 7) is -0.134. The number of rotatable bonds is 8. The van der Waals surface area contributed by atoms with E-state index >= 15 is 4.39 Å². The number of imidazole rings is 1. The summed E-state index contributed by atoms with van der Waals surface area (Å²) < 4.78 is 51.5. The van der Waals surface area contributed by atoms with Crippen LogP contribution in [0.1, 0.15) is 48.7 Å². The Kier molecular flexibility index (Phi) is 6.67. The molecule has 210 valence electrons. The molecule has 1 unspecified atom stereocenters. The number of hydrogen-bond acceptors (Lipinski definition) is 5. The van der Waals surface area contributed by atoms with Crippen molar-refractivity contribution >= 4 is 22.7 Å². The minimum atomic E-state index is -2.66. The molecule has 2 atom stereocenters. The van der Waals surface area contributed by atoms with Crippen molar-refractivity contribution in [3.8, 4) is 5.75 Å². The number of halogens is 3. The highest BCUT2D eigenvalue weighted by atomic mass is 19.3. The quantitative estimate of drug-likeness (QED) is 0.317. The Hall–Kier alpha value is -4.02. The van der Waals surface area contributed by atoms with Gasteiger partial charge in [0.1, 0.15) is 23.7 Å². The molecule has 1 saturated carbocycles. The van der Waals surface area contributed by atoms with E-state index in [1.807, 2.05) is 22.8 Å². The van der Waals surface area contributed by atoms with Crippen LogP contribution in [0, 0.1) is 11.7 Å². The zero-order chi connectivity index (χ0) is 28.0. The molecule has 1 aliphatic carbocycles. The van der Waals surface area contributed by atoms with Crippen molar-refractivity contribution in [3.63, 3.8) is 0 Å². The minimum Gasteiger partial charge on any atom is -0.487 e. The van der Waals surface area contributed by atoms with Crippen LogP contribution in [-0.2, 0) is 25.0 Å². The average molecular weight is 554 g/mol. The number of alkyl halides is 2. The number of carboxylic acids is 1. The maximum atomic E-state index is 15.4. The van der Waals surface area contributed by atoms with E-state index in [2.05, 4.69) is 10.1 Å². The Morgan fingerprint density at radius 2 is 1.88 bits per heavy atom. The lowest BCUT2D eigenvalue weighted by Gasteiger charge is -2.40. The van der Waals surface area contributed by atoms with E-state index in [1.165, 1.54) is 6.07 Å². The molecule has 2 fully saturated rings. The predicted molar refractivity (Wildman–Crippen MR) is 142 cm³/mol. The van der Waals surface area contributed by atoms with Crippen LogP contribution in [0.4, 0.5) is 18.9 Å². The van der Waals surface area contributed by atoms with Gasteiger partial charge in [0.05, 0.1) is 30.2 Å². The van der Waals surface area contributed by atoms with Crippen molar-refractivity contribution in [3.05, 3.63) is 71.6 Å². The first kappa shape index (κ1) is 26.2. The zero-order valence-electron chi connectivity index (χ0n) is 22.1. The molecular formula is C29H30F3N5O3. The second-order valence-electron chi connectivity index (χ2n) is 10.8. The number of carbonyl (C=O) groups is 1. The van der Waals surface area contributed by atoms with Crippen molar-refractivity contribution in [1.29, 1.82) is 0 Å². The fraction of sp³-hybridized carbons (Fsp3) is 0.414. The van der Waals surface area contributed by atoms with Gasteiger partial charge in [-0.05, 0) is 36.6 Å². The summed E-state index contributed by atoms with van der Waals surface area (Å²) in [6, 6.07) is 12.1. The number of aromatic nitrogens is 4. The van der Waals surface area contributed by atoms with Crippen LogP contribution in [0.15, 0.2) is 48.7 Å². The molecule has 3 heterocycles. The molecule has 11 heteroatoms. The molecule has 0 amide bonds. The van der Waals surface area contributed by atoms with Gasteiger partial charge in [-0.3, -0.25) is 9.48 Å². The number of ether oxygens (including phenoxy) is 1. The number of anilines is 1. The lowest BCUT2D eigenvalue weighted by atomic mass is 9.78. The third kappa shape index (κ3) is 5.12. The van der Waals surface area contributed by atoms with Crippen LogP contribution < -0.4 is 9.64 Å². The van der Waals surface area contributed by atoms with Gasteiger partial charge in [0.25, 0.3) is 5.92 Å². The van der Waals surface area contributed by atoms with Crippen molar-refractivity contribution in [2.45, 2.75) is 50.7 Å². The van der Waals surface area contributed by atoms with Crippen molar-refractivity contribution in [2.75, 3.05) is 18.0 Å². The van der Waals surface area contributed by atoms with E-state index in [1.54, 1.807) is 41.0 Å². The molecule has 6 rings (SSSR count). The number of fused-ring (bicyclic) bond motifs is 1. The number of aliphatic carboxylic acids is 1. The molecule has 8 nitrogen and oxygen atoms in total. The maximum Gasteiger partial charge on any atom is 0.307 e. The molecule has 0 radical (unpaired) electrons. The number of aryl methyl sites for hydroxylation is 1. The van der Waals surface area contributed by atoms with Crippen LogP contribution in [0.2, 0.25) is 0 Å². The summed E-state index contributed by atoms with van der Waals surface area (Å²) in [5.74, 6) is -4.21. The van der Waals surface area contributed by atoms with Crippen LogP contribution in [0.5, 0.6) is 5.75 Å². The smallest absolute Gasteiger partial charge is 0.307 e. The van der Waals surface area contributed by atoms with Gasteiger partial charge >= 0.3 is 5.97 Å². The van der Waals surface area contributed by atoms with E-state index in [0.717, 1.165) is 18.4 Å². The standard InChI is InChI=1S/C29H30F3N5O3/c1-35-11-10-19(34-35)15-40-21-12-24(30)26-25(13-21)37(27(33-26)22-4-2-3-5-23(22)28(38)39)14-18-6-8-20(9-7-18)36-16-29(31,32)17-36/h6-13,22-23H,2-5,14-17H2,1H3,(H,38,39)/t22?,23-/m0/s1. The van der Waals surface area contributed by atoms with Gasteiger partial charge in [0.2, 0.25) is 0 Å². The number of nitrogens with zero attached hydrogens (tertiary/aromatic N) is 5. The Morgan fingerprint density at radius 3 is 2.55 bits per heavy atom. The highest BCUT2D eigenvalue weighted by Gasteiger charge is 2.43. The fourth-order valence-corrected chi connectivity index (χ4v) is 5.83. The molecule has 0 bridgehead atoms. The molecule has 2 aromatic carbocycles. The molecule has 1 aliphatic heterocycles. The van der Waals surface area contributed by atoms with Gasteiger partial charge in [-0.15, -0.1) is 0 Å². The maximum absolute atomic E-state index is 15.4. The average Bonchev–Trinajstić information content (AvgIpc) is 3.50. The van der Waals surface area contributed by atoms with Crippen molar-refractivity contribution < 1.29 is 27.8 Å². The number of hydrogen-bond donors (Lipinski definition) is 1. The van der Waals surface area contributed by atoms with Gasteiger partial charge in [-0.1, -0.05) is 25.0 Å². The Balaban J connectivity index is 1.36. The zero-order valence-corrected chi connectivity index (χ0v) is 22.1. The van der Waals surface area contributed by atoms with E-state index in [-0.39, 0.29) is 31.1 Å². The molecule has 4 aromatic rings. The first-order valence-electron chi connectivity index (χ1n) is 13.4. The van der Waals surface area contributed by atoms with Crippen LogP contribution in [0.3, 0.4) is 0 Å². The summed E-state index contributed by atoms with van der Waals surface area (Å²) in [6.07, 6.45) is 4.68.